The van der Waals surface area contributed by atoms with Crippen LogP contribution < -0.4 is 10.6 Å². The molecule has 16 heavy (non-hydrogen) atoms. The lowest BCUT2D eigenvalue weighted by Crippen LogP contribution is -2.50. The molecule has 0 aromatic heterocycles. The van der Waals surface area contributed by atoms with Crippen molar-refractivity contribution in [2.75, 3.05) is 20.3 Å². The molecule has 0 aliphatic heterocycles. The number of nitrogens with one attached hydrogen (secondary N) is 2. The van der Waals surface area contributed by atoms with Gasteiger partial charge in [-0.15, -0.1) is 0 Å². The third kappa shape index (κ3) is 4.00. The second-order valence-corrected chi connectivity index (χ2v) is 4.80. The monoisotopic (exact) mass is 228 g/mol. The van der Waals surface area contributed by atoms with Gasteiger partial charge in [0.05, 0.1) is 6.61 Å². The van der Waals surface area contributed by atoms with Crippen LogP contribution in [0.3, 0.4) is 0 Å². The highest BCUT2D eigenvalue weighted by Gasteiger charge is 2.28. The molecule has 1 saturated carbocycles. The minimum absolute atomic E-state index is 0.0670. The fraction of sp³-hybridized carbons (Fsp3) is 0.917. The van der Waals surface area contributed by atoms with Gasteiger partial charge in [0.25, 0.3) is 0 Å². The first kappa shape index (κ1) is 13.3. The number of hydrogen-bond donors (Lipinski definition) is 2. The van der Waals surface area contributed by atoms with E-state index >= 15 is 0 Å². The van der Waals surface area contributed by atoms with Crippen molar-refractivity contribution in [3.8, 4) is 0 Å². The normalized spacial score (nSPS) is 29.8. The zero-order chi connectivity index (χ0) is 12.0. The van der Waals surface area contributed by atoms with Crippen LogP contribution >= 0.6 is 0 Å². The third-order valence-corrected chi connectivity index (χ3v) is 3.43. The quantitative estimate of drug-likeness (QED) is 0.720. The van der Waals surface area contributed by atoms with Crippen molar-refractivity contribution in [1.29, 1.82) is 0 Å². The molecule has 4 nitrogen and oxygen atoms in total. The Morgan fingerprint density at radius 3 is 2.50 bits per heavy atom. The molecule has 0 bridgehead atoms. The number of rotatable bonds is 4. The maximum absolute atomic E-state index is 11.6. The van der Waals surface area contributed by atoms with E-state index in [1.54, 1.807) is 7.11 Å². The maximum atomic E-state index is 11.6. The Labute approximate surface area is 98.1 Å². The fourth-order valence-corrected chi connectivity index (χ4v) is 2.44. The van der Waals surface area contributed by atoms with Crippen LogP contribution in [0, 0.1) is 11.8 Å². The summed E-state index contributed by atoms with van der Waals surface area (Å²) in [6, 6.07) is 0.249. The van der Waals surface area contributed by atoms with Gasteiger partial charge in [-0.25, -0.2) is 4.79 Å². The topological polar surface area (TPSA) is 50.4 Å². The summed E-state index contributed by atoms with van der Waals surface area (Å²) < 4.78 is 4.88. The zero-order valence-corrected chi connectivity index (χ0v) is 10.6. The van der Waals surface area contributed by atoms with Crippen LogP contribution in [0.5, 0.6) is 0 Å². The van der Waals surface area contributed by atoms with Gasteiger partial charge in [-0.2, -0.15) is 0 Å². The lowest BCUT2D eigenvalue weighted by atomic mass is 9.79. The predicted octanol–water partition coefficient (Wildman–Crippen LogP) is 1.76. The highest BCUT2D eigenvalue weighted by Crippen LogP contribution is 2.28. The molecule has 1 aliphatic carbocycles. The van der Waals surface area contributed by atoms with Crippen molar-refractivity contribution in [1.82, 2.24) is 10.6 Å². The molecule has 1 aliphatic rings. The lowest BCUT2D eigenvalue weighted by Gasteiger charge is -2.35. The summed E-state index contributed by atoms with van der Waals surface area (Å²) in [4.78, 5) is 11.6. The van der Waals surface area contributed by atoms with Crippen molar-refractivity contribution in [2.24, 2.45) is 11.8 Å². The van der Waals surface area contributed by atoms with Gasteiger partial charge in [-0.05, 0) is 24.7 Å². The largest absolute Gasteiger partial charge is 0.383 e. The van der Waals surface area contributed by atoms with Crippen molar-refractivity contribution in [2.45, 2.75) is 39.2 Å². The standard InChI is InChI=1S/C12H24N2O2/c1-9-5-4-6-10(2)11(9)14-12(15)13-7-8-16-3/h9-11H,4-8H2,1-3H3,(H2,13,14,15). The molecule has 2 N–H and O–H groups in total. The van der Waals surface area contributed by atoms with Crippen LogP contribution in [-0.4, -0.2) is 32.3 Å². The molecular weight excluding hydrogens is 204 g/mol. The van der Waals surface area contributed by atoms with Crippen molar-refractivity contribution in [3.63, 3.8) is 0 Å². The molecule has 2 amide bonds. The van der Waals surface area contributed by atoms with Gasteiger partial charge < -0.3 is 15.4 Å². The summed E-state index contributed by atoms with van der Waals surface area (Å²) in [5.41, 5.74) is 0. The van der Waals surface area contributed by atoms with E-state index in [1.165, 1.54) is 19.3 Å². The average Bonchev–Trinajstić information content (AvgIpc) is 2.24. The van der Waals surface area contributed by atoms with Crippen molar-refractivity contribution in [3.05, 3.63) is 0 Å². The number of urea groups is 1. The van der Waals surface area contributed by atoms with Crippen LogP contribution in [0.4, 0.5) is 4.79 Å². The number of methoxy groups -OCH3 is 1. The number of amides is 2. The Balaban J connectivity index is 2.30. The number of ether oxygens (including phenoxy) is 1. The molecule has 1 rings (SSSR count). The Hall–Kier alpha value is -0.770. The minimum Gasteiger partial charge on any atom is -0.383 e. The first-order chi connectivity index (χ1) is 7.65. The summed E-state index contributed by atoms with van der Waals surface area (Å²) in [6.45, 7) is 5.56. The molecule has 0 radical (unpaired) electrons. The summed E-state index contributed by atoms with van der Waals surface area (Å²) in [6.07, 6.45) is 3.71. The van der Waals surface area contributed by atoms with E-state index in [1.807, 2.05) is 0 Å². The molecule has 2 unspecified atom stereocenters. The lowest BCUT2D eigenvalue weighted by molar-refractivity contribution is 0.182. The summed E-state index contributed by atoms with van der Waals surface area (Å²) >= 11 is 0. The van der Waals surface area contributed by atoms with Gasteiger partial charge in [-0.1, -0.05) is 20.3 Å². The molecular formula is C12H24N2O2. The van der Waals surface area contributed by atoms with E-state index in [2.05, 4.69) is 24.5 Å². The molecule has 2 atom stereocenters. The molecule has 0 heterocycles. The minimum atomic E-state index is -0.0670. The van der Waals surface area contributed by atoms with E-state index in [-0.39, 0.29) is 6.03 Å². The Morgan fingerprint density at radius 2 is 1.94 bits per heavy atom. The maximum Gasteiger partial charge on any atom is 0.315 e. The van der Waals surface area contributed by atoms with Crippen LogP contribution in [0.2, 0.25) is 0 Å². The van der Waals surface area contributed by atoms with Crippen molar-refractivity contribution < 1.29 is 9.53 Å². The van der Waals surface area contributed by atoms with E-state index in [0.717, 1.165) is 0 Å². The smallest absolute Gasteiger partial charge is 0.315 e. The Morgan fingerprint density at radius 1 is 1.31 bits per heavy atom. The second kappa shape index (κ2) is 6.74. The van der Waals surface area contributed by atoms with E-state index in [0.29, 0.717) is 31.0 Å². The van der Waals surface area contributed by atoms with Crippen LogP contribution in [0.1, 0.15) is 33.1 Å². The van der Waals surface area contributed by atoms with Crippen LogP contribution in [-0.2, 0) is 4.74 Å². The summed E-state index contributed by atoms with van der Waals surface area (Å²) in [5.74, 6) is 1.16. The molecule has 0 saturated heterocycles. The molecule has 4 heteroatoms. The Kier molecular flexibility index (Phi) is 5.60. The van der Waals surface area contributed by atoms with Gasteiger partial charge in [0.2, 0.25) is 0 Å². The van der Waals surface area contributed by atoms with Crippen LogP contribution in [0.15, 0.2) is 0 Å². The highest BCUT2D eigenvalue weighted by atomic mass is 16.5. The first-order valence-electron chi connectivity index (χ1n) is 6.18. The SMILES string of the molecule is COCCNC(=O)NC1C(C)CCCC1C. The molecule has 0 aromatic rings. The van der Waals surface area contributed by atoms with E-state index in [9.17, 15) is 4.79 Å². The zero-order valence-electron chi connectivity index (χ0n) is 10.6. The van der Waals surface area contributed by atoms with Gasteiger partial charge in [0, 0.05) is 19.7 Å². The average molecular weight is 228 g/mol. The predicted molar refractivity (Wildman–Crippen MR) is 64.4 cm³/mol. The van der Waals surface area contributed by atoms with Gasteiger partial charge in [0.1, 0.15) is 0 Å². The molecule has 94 valence electrons. The van der Waals surface area contributed by atoms with Crippen LogP contribution in [0.25, 0.3) is 0 Å². The second-order valence-electron chi connectivity index (χ2n) is 4.80. The molecule has 0 aromatic carbocycles. The highest BCUT2D eigenvalue weighted by molar-refractivity contribution is 5.74. The number of carbonyl (C=O) groups excluding carboxylic acids is 1. The van der Waals surface area contributed by atoms with E-state index < -0.39 is 0 Å². The van der Waals surface area contributed by atoms with Crippen molar-refractivity contribution >= 4 is 6.03 Å². The van der Waals surface area contributed by atoms with E-state index in [4.69, 9.17) is 4.74 Å². The number of hydrogen-bond acceptors (Lipinski definition) is 2. The Bertz CT molecular complexity index is 211. The third-order valence-electron chi connectivity index (χ3n) is 3.43. The van der Waals surface area contributed by atoms with Gasteiger partial charge >= 0.3 is 6.03 Å². The van der Waals surface area contributed by atoms with Gasteiger partial charge in [-0.3, -0.25) is 0 Å². The summed E-state index contributed by atoms with van der Waals surface area (Å²) in [7, 11) is 1.63. The molecule has 0 spiro atoms. The fourth-order valence-electron chi connectivity index (χ4n) is 2.44. The summed E-state index contributed by atoms with van der Waals surface area (Å²) in [5, 5.41) is 5.87. The first-order valence-corrected chi connectivity index (χ1v) is 6.18. The van der Waals surface area contributed by atoms with Gasteiger partial charge in [0.15, 0.2) is 0 Å². The molecule has 1 fully saturated rings. The number of carbonyl (C=O) groups is 1.